The summed E-state index contributed by atoms with van der Waals surface area (Å²) in [5.74, 6) is 1.57. The molecule has 3 atom stereocenters. The van der Waals surface area contributed by atoms with Crippen LogP contribution in [0.4, 0.5) is 0 Å². The number of hydrogen-bond donors (Lipinski definition) is 2. The predicted octanol–water partition coefficient (Wildman–Crippen LogP) is 2.84. The van der Waals surface area contributed by atoms with E-state index in [1.54, 1.807) is 0 Å². The fraction of sp³-hybridized carbons (Fsp3) is 0.938. The molecule has 3 N–H and O–H groups in total. The molecule has 0 spiro atoms. The van der Waals surface area contributed by atoms with Crippen LogP contribution in [0.1, 0.15) is 65.2 Å². The monoisotopic (exact) mass is 266 g/mol. The zero-order valence-electron chi connectivity index (χ0n) is 12.6. The second-order valence-corrected chi connectivity index (χ2v) is 6.89. The van der Waals surface area contributed by atoms with Crippen molar-refractivity contribution < 1.29 is 4.79 Å². The Morgan fingerprint density at radius 3 is 2.26 bits per heavy atom. The van der Waals surface area contributed by atoms with Crippen LogP contribution in [0.25, 0.3) is 0 Å². The van der Waals surface area contributed by atoms with Gasteiger partial charge >= 0.3 is 0 Å². The first-order chi connectivity index (χ1) is 9.09. The molecule has 0 radical (unpaired) electrons. The van der Waals surface area contributed by atoms with Gasteiger partial charge in [-0.15, -0.1) is 0 Å². The molecule has 3 nitrogen and oxygen atoms in total. The van der Waals surface area contributed by atoms with E-state index in [4.69, 9.17) is 5.73 Å². The van der Waals surface area contributed by atoms with Crippen molar-refractivity contribution in [1.82, 2.24) is 5.32 Å². The molecule has 2 aliphatic carbocycles. The normalized spacial score (nSPS) is 34.8. The van der Waals surface area contributed by atoms with Gasteiger partial charge in [0.2, 0.25) is 5.91 Å². The number of amides is 1. The Kier molecular flexibility index (Phi) is 4.88. The van der Waals surface area contributed by atoms with Gasteiger partial charge in [-0.05, 0) is 37.5 Å². The van der Waals surface area contributed by atoms with Crippen LogP contribution in [0.5, 0.6) is 0 Å². The summed E-state index contributed by atoms with van der Waals surface area (Å²) in [6.07, 6.45) is 9.15. The lowest BCUT2D eigenvalue weighted by molar-refractivity contribution is -0.132. The number of rotatable bonds is 3. The van der Waals surface area contributed by atoms with Gasteiger partial charge in [-0.2, -0.15) is 0 Å². The van der Waals surface area contributed by atoms with Crippen molar-refractivity contribution in [3.63, 3.8) is 0 Å². The van der Waals surface area contributed by atoms with Gasteiger partial charge in [0.15, 0.2) is 0 Å². The van der Waals surface area contributed by atoms with E-state index in [0.29, 0.717) is 18.5 Å². The Morgan fingerprint density at radius 2 is 1.79 bits per heavy atom. The third-order valence-corrected chi connectivity index (χ3v) is 5.71. The van der Waals surface area contributed by atoms with Gasteiger partial charge in [-0.1, -0.05) is 39.5 Å². The highest BCUT2D eigenvalue weighted by atomic mass is 16.2. The molecule has 19 heavy (non-hydrogen) atoms. The second kappa shape index (κ2) is 6.25. The summed E-state index contributed by atoms with van der Waals surface area (Å²) < 4.78 is 0. The first kappa shape index (κ1) is 14.8. The third-order valence-electron chi connectivity index (χ3n) is 5.71. The first-order valence-electron chi connectivity index (χ1n) is 8.10. The smallest absolute Gasteiger partial charge is 0.227 e. The van der Waals surface area contributed by atoms with Gasteiger partial charge in [0, 0.05) is 12.6 Å². The zero-order chi connectivity index (χ0) is 13.9. The van der Waals surface area contributed by atoms with Crippen molar-refractivity contribution in [1.29, 1.82) is 0 Å². The summed E-state index contributed by atoms with van der Waals surface area (Å²) in [5.41, 5.74) is 5.71. The molecule has 0 aliphatic heterocycles. The summed E-state index contributed by atoms with van der Waals surface area (Å²) in [7, 11) is 0. The number of carbonyl (C=O) groups excluding carboxylic acids is 1. The Morgan fingerprint density at radius 1 is 1.16 bits per heavy atom. The van der Waals surface area contributed by atoms with E-state index < -0.39 is 0 Å². The predicted molar refractivity (Wildman–Crippen MR) is 78.7 cm³/mol. The van der Waals surface area contributed by atoms with Gasteiger partial charge in [0.25, 0.3) is 0 Å². The summed E-state index contributed by atoms with van der Waals surface area (Å²) in [5, 5.41) is 3.33. The highest BCUT2D eigenvalue weighted by molar-refractivity contribution is 5.83. The van der Waals surface area contributed by atoms with Gasteiger partial charge in [0.1, 0.15) is 0 Å². The van der Waals surface area contributed by atoms with Crippen LogP contribution in [-0.4, -0.2) is 18.5 Å². The molecule has 110 valence electrons. The minimum absolute atomic E-state index is 0.239. The molecule has 3 unspecified atom stereocenters. The molecular weight excluding hydrogens is 236 g/mol. The molecule has 1 amide bonds. The van der Waals surface area contributed by atoms with Crippen LogP contribution < -0.4 is 11.1 Å². The van der Waals surface area contributed by atoms with Crippen molar-refractivity contribution in [2.45, 2.75) is 71.3 Å². The first-order valence-corrected chi connectivity index (χ1v) is 8.10. The number of carbonyl (C=O) groups is 1. The molecule has 0 aromatic heterocycles. The topological polar surface area (TPSA) is 55.1 Å². The molecule has 0 aromatic rings. The maximum atomic E-state index is 12.7. The summed E-state index contributed by atoms with van der Waals surface area (Å²) in [6, 6.07) is 0.370. The molecule has 2 aliphatic rings. The Hall–Kier alpha value is -0.570. The van der Waals surface area contributed by atoms with Crippen molar-refractivity contribution in [3.05, 3.63) is 0 Å². The summed E-state index contributed by atoms with van der Waals surface area (Å²) in [6.45, 7) is 5.07. The van der Waals surface area contributed by atoms with Gasteiger partial charge in [-0.25, -0.2) is 0 Å². The molecule has 3 heteroatoms. The van der Waals surface area contributed by atoms with E-state index >= 15 is 0 Å². The van der Waals surface area contributed by atoms with E-state index in [1.807, 2.05) is 0 Å². The lowest BCUT2D eigenvalue weighted by atomic mass is 9.79. The van der Waals surface area contributed by atoms with E-state index in [2.05, 4.69) is 19.2 Å². The molecule has 2 fully saturated rings. The Bertz CT molecular complexity index is 308. The third kappa shape index (κ3) is 3.13. The van der Waals surface area contributed by atoms with Crippen molar-refractivity contribution >= 4 is 5.91 Å². The van der Waals surface area contributed by atoms with Crippen molar-refractivity contribution in [2.75, 3.05) is 6.54 Å². The van der Waals surface area contributed by atoms with Crippen LogP contribution in [0.2, 0.25) is 0 Å². The lowest BCUT2D eigenvalue weighted by Crippen LogP contribution is -2.50. The standard InChI is InChI=1S/C16H30N2O/c1-12-7-8-14(13(12)2)18-15(19)16(11-17)9-5-3-4-6-10-16/h12-14H,3-11,17H2,1-2H3,(H,18,19). The van der Waals surface area contributed by atoms with Crippen molar-refractivity contribution in [3.8, 4) is 0 Å². The molecule has 0 saturated heterocycles. The van der Waals surface area contributed by atoms with E-state index in [9.17, 15) is 4.79 Å². The number of nitrogens with two attached hydrogens (primary N) is 1. The molecule has 0 heterocycles. The Labute approximate surface area is 117 Å². The maximum absolute atomic E-state index is 12.7. The minimum atomic E-state index is -0.276. The van der Waals surface area contributed by atoms with Crippen LogP contribution in [-0.2, 0) is 4.79 Å². The average Bonchev–Trinajstić information content (AvgIpc) is 2.64. The zero-order valence-corrected chi connectivity index (χ0v) is 12.6. The van der Waals surface area contributed by atoms with Gasteiger partial charge < -0.3 is 11.1 Å². The van der Waals surface area contributed by atoms with Crippen LogP contribution in [0.15, 0.2) is 0 Å². The second-order valence-electron chi connectivity index (χ2n) is 6.89. The minimum Gasteiger partial charge on any atom is -0.353 e. The fourth-order valence-corrected chi connectivity index (χ4v) is 3.82. The molecule has 2 saturated carbocycles. The Balaban J connectivity index is 2.00. The average molecular weight is 266 g/mol. The quantitative estimate of drug-likeness (QED) is 0.772. The molecule has 0 bridgehead atoms. The highest BCUT2D eigenvalue weighted by Crippen LogP contribution is 2.36. The molecule has 2 rings (SSSR count). The fourth-order valence-electron chi connectivity index (χ4n) is 3.82. The molecule has 0 aromatic carbocycles. The number of hydrogen-bond acceptors (Lipinski definition) is 2. The summed E-state index contributed by atoms with van der Waals surface area (Å²) in [4.78, 5) is 12.7. The van der Waals surface area contributed by atoms with Gasteiger partial charge in [-0.3, -0.25) is 4.79 Å². The largest absolute Gasteiger partial charge is 0.353 e. The highest BCUT2D eigenvalue weighted by Gasteiger charge is 2.40. The van der Waals surface area contributed by atoms with Crippen LogP contribution in [0.3, 0.4) is 0 Å². The lowest BCUT2D eigenvalue weighted by Gasteiger charge is -2.32. The summed E-state index contributed by atoms with van der Waals surface area (Å²) >= 11 is 0. The number of nitrogens with one attached hydrogen (secondary N) is 1. The van der Waals surface area contributed by atoms with Crippen LogP contribution in [0, 0.1) is 17.3 Å². The van der Waals surface area contributed by atoms with E-state index in [1.165, 1.54) is 19.3 Å². The molecular formula is C16H30N2O. The van der Waals surface area contributed by atoms with Crippen LogP contribution >= 0.6 is 0 Å². The van der Waals surface area contributed by atoms with E-state index in [-0.39, 0.29) is 11.3 Å². The van der Waals surface area contributed by atoms with Gasteiger partial charge in [0.05, 0.1) is 5.41 Å². The van der Waals surface area contributed by atoms with Crippen molar-refractivity contribution in [2.24, 2.45) is 23.0 Å². The van der Waals surface area contributed by atoms with E-state index in [0.717, 1.165) is 38.0 Å². The SMILES string of the molecule is CC1CCC(NC(=O)C2(CN)CCCCCC2)C1C. The maximum Gasteiger partial charge on any atom is 0.227 e.